The molecule has 5 nitrogen and oxygen atoms in total. The van der Waals surface area contributed by atoms with Crippen molar-refractivity contribution in [2.75, 3.05) is 18.4 Å². The van der Waals surface area contributed by atoms with Gasteiger partial charge in [0.2, 0.25) is 0 Å². The molecule has 116 valence electrons. The lowest BCUT2D eigenvalue weighted by atomic mass is 9.97. The van der Waals surface area contributed by atoms with Crippen molar-refractivity contribution in [2.24, 2.45) is 5.92 Å². The van der Waals surface area contributed by atoms with Crippen molar-refractivity contribution in [2.45, 2.75) is 39.2 Å². The van der Waals surface area contributed by atoms with E-state index in [9.17, 15) is 9.90 Å². The van der Waals surface area contributed by atoms with E-state index in [1.807, 2.05) is 26.8 Å². The standard InChI is InChI=1S/C16H24N2O3/c1-16(2,3)21-15(20)18-13-4-5-14(19)12(9-13)8-11-6-7-17-10-11/h4-5,9,11,17,19H,6-8,10H2,1-3H3,(H,18,20). The van der Waals surface area contributed by atoms with E-state index in [1.165, 1.54) is 0 Å². The van der Waals surface area contributed by atoms with Crippen molar-refractivity contribution in [1.29, 1.82) is 0 Å². The SMILES string of the molecule is CC(C)(C)OC(=O)Nc1ccc(O)c(CC2CCNC2)c1. The van der Waals surface area contributed by atoms with Gasteiger partial charge in [0.15, 0.2) is 0 Å². The summed E-state index contributed by atoms with van der Waals surface area (Å²) in [6.07, 6.45) is 1.44. The van der Waals surface area contributed by atoms with Gasteiger partial charge in [-0.15, -0.1) is 0 Å². The molecule has 0 radical (unpaired) electrons. The number of rotatable bonds is 3. The van der Waals surface area contributed by atoms with Crippen molar-refractivity contribution >= 4 is 11.8 Å². The highest BCUT2D eigenvalue weighted by molar-refractivity contribution is 5.85. The average molecular weight is 292 g/mol. The van der Waals surface area contributed by atoms with Gasteiger partial charge in [-0.1, -0.05) is 0 Å². The minimum Gasteiger partial charge on any atom is -0.508 e. The van der Waals surface area contributed by atoms with E-state index in [2.05, 4.69) is 10.6 Å². The van der Waals surface area contributed by atoms with Crippen LogP contribution in [0, 0.1) is 5.92 Å². The molecule has 1 fully saturated rings. The van der Waals surface area contributed by atoms with Gasteiger partial charge in [-0.2, -0.15) is 0 Å². The van der Waals surface area contributed by atoms with Crippen LogP contribution in [-0.4, -0.2) is 29.9 Å². The number of benzene rings is 1. The smallest absolute Gasteiger partial charge is 0.412 e. The molecule has 0 aromatic heterocycles. The van der Waals surface area contributed by atoms with Crippen LogP contribution in [0.1, 0.15) is 32.8 Å². The third kappa shape index (κ3) is 4.93. The number of hydrogen-bond acceptors (Lipinski definition) is 4. The number of hydrogen-bond donors (Lipinski definition) is 3. The maximum atomic E-state index is 11.8. The highest BCUT2D eigenvalue weighted by Crippen LogP contribution is 2.26. The van der Waals surface area contributed by atoms with Gasteiger partial charge in [0.1, 0.15) is 11.4 Å². The average Bonchev–Trinajstić information content (AvgIpc) is 2.84. The zero-order valence-electron chi connectivity index (χ0n) is 12.9. The fourth-order valence-electron chi connectivity index (χ4n) is 2.45. The summed E-state index contributed by atoms with van der Waals surface area (Å²) in [7, 11) is 0. The number of ether oxygens (including phenoxy) is 1. The number of aromatic hydroxyl groups is 1. The number of carbonyl (C=O) groups excluding carboxylic acids is 1. The molecule has 1 unspecified atom stereocenters. The summed E-state index contributed by atoms with van der Waals surface area (Å²) in [4.78, 5) is 11.8. The van der Waals surface area contributed by atoms with Gasteiger partial charge in [0.05, 0.1) is 0 Å². The van der Waals surface area contributed by atoms with Crippen molar-refractivity contribution < 1.29 is 14.6 Å². The molecule has 0 spiro atoms. The fraction of sp³-hybridized carbons (Fsp3) is 0.562. The lowest BCUT2D eigenvalue weighted by molar-refractivity contribution is 0.0636. The monoisotopic (exact) mass is 292 g/mol. The van der Waals surface area contributed by atoms with E-state index in [0.29, 0.717) is 11.6 Å². The van der Waals surface area contributed by atoms with Gasteiger partial charge >= 0.3 is 6.09 Å². The minimum atomic E-state index is -0.528. The second kappa shape index (κ2) is 6.35. The van der Waals surface area contributed by atoms with Crippen LogP contribution in [-0.2, 0) is 11.2 Å². The summed E-state index contributed by atoms with van der Waals surface area (Å²) < 4.78 is 5.22. The Kier molecular flexibility index (Phi) is 4.73. The normalized spacial score (nSPS) is 18.5. The highest BCUT2D eigenvalue weighted by Gasteiger charge is 2.18. The Bertz CT molecular complexity index is 503. The Labute approximate surface area is 125 Å². The Morgan fingerprint density at radius 1 is 1.48 bits per heavy atom. The summed E-state index contributed by atoms with van der Waals surface area (Å²) >= 11 is 0. The molecule has 21 heavy (non-hydrogen) atoms. The van der Waals surface area contributed by atoms with E-state index < -0.39 is 11.7 Å². The van der Waals surface area contributed by atoms with Gasteiger partial charge in [0, 0.05) is 5.69 Å². The summed E-state index contributed by atoms with van der Waals surface area (Å²) in [5.41, 5.74) is 0.972. The van der Waals surface area contributed by atoms with Crippen molar-refractivity contribution in [3.8, 4) is 5.75 Å². The molecular weight excluding hydrogens is 268 g/mol. The molecule has 5 heteroatoms. The second-order valence-electron chi connectivity index (χ2n) is 6.53. The molecule has 1 saturated heterocycles. The molecule has 1 atom stereocenters. The number of nitrogens with one attached hydrogen (secondary N) is 2. The van der Waals surface area contributed by atoms with Crippen LogP contribution >= 0.6 is 0 Å². The summed E-state index contributed by atoms with van der Waals surface area (Å²) in [5.74, 6) is 0.810. The molecule has 1 amide bonds. The fourth-order valence-corrected chi connectivity index (χ4v) is 2.45. The van der Waals surface area contributed by atoms with Crippen LogP contribution in [0.15, 0.2) is 18.2 Å². The molecule has 1 aliphatic rings. The first-order valence-corrected chi connectivity index (χ1v) is 7.36. The third-order valence-electron chi connectivity index (χ3n) is 3.40. The van der Waals surface area contributed by atoms with Crippen LogP contribution < -0.4 is 10.6 Å². The topological polar surface area (TPSA) is 70.6 Å². The Morgan fingerprint density at radius 3 is 2.86 bits per heavy atom. The first-order valence-electron chi connectivity index (χ1n) is 7.36. The lowest BCUT2D eigenvalue weighted by Gasteiger charge is -2.20. The first-order chi connectivity index (χ1) is 9.83. The van der Waals surface area contributed by atoms with Gasteiger partial charge in [-0.25, -0.2) is 4.79 Å². The predicted octanol–water partition coefficient (Wildman–Crippen LogP) is 2.89. The molecule has 3 N–H and O–H groups in total. The number of amides is 1. The van der Waals surface area contributed by atoms with E-state index >= 15 is 0 Å². The lowest BCUT2D eigenvalue weighted by Crippen LogP contribution is -2.27. The van der Waals surface area contributed by atoms with Gasteiger partial charge in [0.25, 0.3) is 0 Å². The number of carbonyl (C=O) groups is 1. The van der Waals surface area contributed by atoms with E-state index in [1.54, 1.807) is 12.1 Å². The Morgan fingerprint density at radius 2 is 2.24 bits per heavy atom. The van der Waals surface area contributed by atoms with Crippen molar-refractivity contribution in [3.05, 3.63) is 23.8 Å². The summed E-state index contributed by atoms with van der Waals surface area (Å²) in [5, 5.41) is 16.0. The van der Waals surface area contributed by atoms with Crippen LogP contribution in [0.4, 0.5) is 10.5 Å². The highest BCUT2D eigenvalue weighted by atomic mass is 16.6. The van der Waals surface area contributed by atoms with Crippen LogP contribution in [0.3, 0.4) is 0 Å². The minimum absolute atomic E-state index is 0.275. The largest absolute Gasteiger partial charge is 0.508 e. The van der Waals surface area contributed by atoms with E-state index in [0.717, 1.165) is 31.5 Å². The third-order valence-corrected chi connectivity index (χ3v) is 3.40. The Hall–Kier alpha value is -1.75. The molecule has 1 heterocycles. The van der Waals surface area contributed by atoms with Crippen LogP contribution in [0.2, 0.25) is 0 Å². The second-order valence-corrected chi connectivity index (χ2v) is 6.53. The molecule has 0 bridgehead atoms. The predicted molar refractivity (Wildman–Crippen MR) is 82.6 cm³/mol. The van der Waals surface area contributed by atoms with Gasteiger partial charge in [-0.3, -0.25) is 5.32 Å². The van der Waals surface area contributed by atoms with Gasteiger partial charge < -0.3 is 15.2 Å². The maximum absolute atomic E-state index is 11.8. The maximum Gasteiger partial charge on any atom is 0.412 e. The number of anilines is 1. The molecule has 2 rings (SSSR count). The molecule has 0 aliphatic carbocycles. The molecule has 1 aromatic rings. The quantitative estimate of drug-likeness (QED) is 0.749. The van der Waals surface area contributed by atoms with E-state index in [4.69, 9.17) is 4.74 Å². The van der Waals surface area contributed by atoms with Gasteiger partial charge in [-0.05, 0) is 76.4 Å². The molecule has 1 aliphatic heterocycles. The zero-order chi connectivity index (χ0) is 15.5. The molecular formula is C16H24N2O3. The van der Waals surface area contributed by atoms with E-state index in [-0.39, 0.29) is 5.75 Å². The summed E-state index contributed by atoms with van der Waals surface area (Å²) in [6, 6.07) is 5.11. The van der Waals surface area contributed by atoms with Crippen molar-refractivity contribution in [1.82, 2.24) is 5.32 Å². The van der Waals surface area contributed by atoms with Crippen molar-refractivity contribution in [3.63, 3.8) is 0 Å². The van der Waals surface area contributed by atoms with Crippen LogP contribution in [0.25, 0.3) is 0 Å². The first kappa shape index (κ1) is 15.6. The number of phenols is 1. The Balaban J connectivity index is 2.02. The molecule has 0 saturated carbocycles. The molecule has 1 aromatic carbocycles. The van der Waals surface area contributed by atoms with Crippen LogP contribution in [0.5, 0.6) is 5.75 Å². The summed E-state index contributed by atoms with van der Waals surface area (Å²) in [6.45, 7) is 7.47. The zero-order valence-corrected chi connectivity index (χ0v) is 12.9. The number of phenolic OH excluding ortho intramolecular Hbond substituents is 1.